The first-order valence-corrected chi connectivity index (χ1v) is 13.9. The highest BCUT2D eigenvalue weighted by Crippen LogP contribution is 2.22. The van der Waals surface area contributed by atoms with Gasteiger partial charge in [-0.15, -0.1) is 0 Å². The van der Waals surface area contributed by atoms with Gasteiger partial charge in [-0.25, -0.2) is 8.42 Å². The van der Waals surface area contributed by atoms with Crippen LogP contribution in [0.5, 0.6) is 0 Å². The lowest BCUT2D eigenvalue weighted by Crippen LogP contribution is -2.29. The Morgan fingerprint density at radius 3 is 2.26 bits per heavy atom. The molecule has 35 heavy (non-hydrogen) atoms. The van der Waals surface area contributed by atoms with Crippen molar-refractivity contribution in [3.8, 4) is 0 Å². The van der Waals surface area contributed by atoms with Crippen LogP contribution in [0.25, 0.3) is 0 Å². The molecule has 1 fully saturated rings. The Kier molecular flexibility index (Phi) is 8.11. The molecule has 0 saturated carbocycles. The molecule has 184 valence electrons. The van der Waals surface area contributed by atoms with E-state index in [-0.39, 0.29) is 12.5 Å². The molecule has 1 amide bonds. The quantitative estimate of drug-likeness (QED) is 0.446. The average Bonchev–Trinajstić information content (AvgIpc) is 3.35. The number of sulfonamides is 1. The maximum absolute atomic E-state index is 12.7. The summed E-state index contributed by atoms with van der Waals surface area (Å²) in [6.07, 6.45) is 3.69. The molecule has 0 atom stereocenters. The van der Waals surface area contributed by atoms with Crippen molar-refractivity contribution in [1.29, 1.82) is 0 Å². The van der Waals surface area contributed by atoms with Crippen molar-refractivity contribution in [3.05, 3.63) is 100 Å². The van der Waals surface area contributed by atoms with Crippen molar-refractivity contribution in [2.45, 2.75) is 32.5 Å². The molecular weight excluding hydrogens is 482 g/mol. The van der Waals surface area contributed by atoms with Crippen LogP contribution >= 0.6 is 11.6 Å². The monoisotopic (exact) mass is 511 g/mol. The number of halogens is 1. The second-order valence-corrected chi connectivity index (χ2v) is 11.3. The van der Waals surface area contributed by atoms with E-state index in [1.807, 2.05) is 12.1 Å². The van der Waals surface area contributed by atoms with Crippen LogP contribution in [-0.2, 0) is 29.7 Å². The van der Waals surface area contributed by atoms with Gasteiger partial charge in [-0.05, 0) is 79.0 Å². The molecule has 0 spiro atoms. The summed E-state index contributed by atoms with van der Waals surface area (Å²) < 4.78 is 26.2. The van der Waals surface area contributed by atoms with Gasteiger partial charge in [0.2, 0.25) is 10.0 Å². The molecule has 8 heteroatoms. The third kappa shape index (κ3) is 7.07. The highest BCUT2D eigenvalue weighted by atomic mass is 35.5. The van der Waals surface area contributed by atoms with Gasteiger partial charge in [0.1, 0.15) is 0 Å². The van der Waals surface area contributed by atoms with Crippen LogP contribution in [0.3, 0.4) is 0 Å². The fourth-order valence-corrected chi connectivity index (χ4v) is 5.27. The number of benzene rings is 3. The molecule has 0 aromatic heterocycles. The largest absolute Gasteiger partial charge is 0.348 e. The zero-order chi connectivity index (χ0) is 24.8. The van der Waals surface area contributed by atoms with E-state index in [0.717, 1.165) is 30.8 Å². The molecule has 1 N–H and O–H groups in total. The van der Waals surface area contributed by atoms with Crippen LogP contribution in [0.2, 0.25) is 5.02 Å². The van der Waals surface area contributed by atoms with E-state index in [2.05, 4.69) is 22.3 Å². The maximum Gasteiger partial charge on any atom is 0.251 e. The SMILES string of the molecule is CS(=O)(=O)N(Cc1ccc(Cl)cc1)c1ccc(C(=O)NCc2cccc(CN3CCCC3)c2)cc1. The fraction of sp³-hybridized carbons (Fsp3) is 0.296. The molecule has 1 heterocycles. The molecule has 3 aromatic rings. The van der Waals surface area contributed by atoms with Gasteiger partial charge >= 0.3 is 0 Å². The number of hydrogen-bond donors (Lipinski definition) is 1. The van der Waals surface area contributed by atoms with Gasteiger partial charge in [0, 0.05) is 23.7 Å². The zero-order valence-electron chi connectivity index (χ0n) is 19.8. The Morgan fingerprint density at radius 2 is 1.60 bits per heavy atom. The van der Waals surface area contributed by atoms with Gasteiger partial charge in [-0.2, -0.15) is 0 Å². The minimum absolute atomic E-state index is 0.176. The first kappa shape index (κ1) is 25.2. The van der Waals surface area contributed by atoms with Crippen LogP contribution in [0.4, 0.5) is 5.69 Å². The van der Waals surface area contributed by atoms with Gasteiger partial charge in [0.15, 0.2) is 0 Å². The number of carbonyl (C=O) groups excluding carboxylic acids is 1. The number of rotatable bonds is 9. The first-order valence-electron chi connectivity index (χ1n) is 11.7. The second-order valence-electron chi connectivity index (χ2n) is 8.93. The highest BCUT2D eigenvalue weighted by Gasteiger charge is 2.19. The van der Waals surface area contributed by atoms with Crippen molar-refractivity contribution in [3.63, 3.8) is 0 Å². The maximum atomic E-state index is 12.7. The summed E-state index contributed by atoms with van der Waals surface area (Å²) in [4.78, 5) is 15.2. The summed E-state index contributed by atoms with van der Waals surface area (Å²) in [5, 5.41) is 3.55. The van der Waals surface area contributed by atoms with Gasteiger partial charge in [0.05, 0.1) is 18.5 Å². The Bertz CT molecular complexity index is 1260. The van der Waals surface area contributed by atoms with Gasteiger partial charge in [0.25, 0.3) is 5.91 Å². The third-order valence-corrected chi connectivity index (χ3v) is 7.50. The van der Waals surface area contributed by atoms with E-state index in [1.54, 1.807) is 48.5 Å². The summed E-state index contributed by atoms with van der Waals surface area (Å²) in [5.74, 6) is -0.204. The lowest BCUT2D eigenvalue weighted by Gasteiger charge is -2.23. The number of likely N-dealkylation sites (tertiary alicyclic amines) is 1. The predicted octanol–water partition coefficient (Wildman–Crippen LogP) is 4.83. The minimum atomic E-state index is -3.52. The molecule has 1 aliphatic rings. The van der Waals surface area contributed by atoms with Gasteiger partial charge < -0.3 is 5.32 Å². The molecule has 3 aromatic carbocycles. The van der Waals surface area contributed by atoms with Gasteiger partial charge in [-0.3, -0.25) is 14.0 Å². The summed E-state index contributed by atoms with van der Waals surface area (Å²) in [5.41, 5.74) is 4.09. The van der Waals surface area contributed by atoms with Gasteiger partial charge in [-0.1, -0.05) is 48.0 Å². The number of carbonyl (C=O) groups is 1. The average molecular weight is 512 g/mol. The summed E-state index contributed by atoms with van der Waals surface area (Å²) >= 11 is 5.94. The van der Waals surface area contributed by atoms with Crippen molar-refractivity contribution >= 4 is 33.2 Å². The number of amides is 1. The fourth-order valence-electron chi connectivity index (χ4n) is 4.26. The van der Waals surface area contributed by atoms with E-state index in [1.165, 1.54) is 29.0 Å². The molecule has 0 bridgehead atoms. The molecular formula is C27H30ClN3O3S. The second kappa shape index (κ2) is 11.2. The van der Waals surface area contributed by atoms with Crippen molar-refractivity contribution in [2.75, 3.05) is 23.7 Å². The Balaban J connectivity index is 1.39. The minimum Gasteiger partial charge on any atom is -0.348 e. The molecule has 0 radical (unpaired) electrons. The summed E-state index contributed by atoms with van der Waals surface area (Å²) in [7, 11) is -3.52. The molecule has 6 nitrogen and oxygen atoms in total. The predicted molar refractivity (Wildman–Crippen MR) is 141 cm³/mol. The lowest BCUT2D eigenvalue weighted by molar-refractivity contribution is 0.0951. The van der Waals surface area contributed by atoms with E-state index in [9.17, 15) is 13.2 Å². The van der Waals surface area contributed by atoms with E-state index in [4.69, 9.17) is 11.6 Å². The Hall–Kier alpha value is -2.87. The summed E-state index contributed by atoms with van der Waals surface area (Å²) in [6.45, 7) is 3.84. The number of anilines is 1. The van der Waals surface area contributed by atoms with Crippen molar-refractivity contribution in [2.24, 2.45) is 0 Å². The normalized spacial score (nSPS) is 14.1. The molecule has 0 aliphatic carbocycles. The van der Waals surface area contributed by atoms with Crippen molar-refractivity contribution in [1.82, 2.24) is 10.2 Å². The number of hydrogen-bond acceptors (Lipinski definition) is 4. The highest BCUT2D eigenvalue weighted by molar-refractivity contribution is 7.92. The molecule has 0 unspecified atom stereocenters. The van der Waals surface area contributed by atoms with E-state index in [0.29, 0.717) is 22.8 Å². The Morgan fingerprint density at radius 1 is 0.943 bits per heavy atom. The number of nitrogens with one attached hydrogen (secondary N) is 1. The van der Waals surface area contributed by atoms with Crippen LogP contribution in [-0.4, -0.2) is 38.6 Å². The van der Waals surface area contributed by atoms with Crippen molar-refractivity contribution < 1.29 is 13.2 Å². The zero-order valence-corrected chi connectivity index (χ0v) is 21.4. The van der Waals surface area contributed by atoms with Crippen LogP contribution < -0.4 is 9.62 Å². The van der Waals surface area contributed by atoms with Crippen LogP contribution in [0.1, 0.15) is 39.9 Å². The smallest absolute Gasteiger partial charge is 0.251 e. The third-order valence-electron chi connectivity index (χ3n) is 6.11. The molecule has 1 saturated heterocycles. The first-order chi connectivity index (χ1) is 16.8. The lowest BCUT2D eigenvalue weighted by atomic mass is 10.1. The standard InChI is InChI=1S/C27H30ClN3O3S/c1-35(33,34)31(20-21-7-11-25(28)12-8-21)26-13-9-24(10-14-26)27(32)29-18-22-5-4-6-23(17-22)19-30-15-2-3-16-30/h4-14,17H,2-3,15-16,18-20H2,1H3,(H,29,32). The topological polar surface area (TPSA) is 69.7 Å². The molecule has 4 rings (SSSR count). The molecule has 1 aliphatic heterocycles. The number of nitrogens with zero attached hydrogens (tertiary/aromatic N) is 2. The Labute approximate surface area is 212 Å². The van der Waals surface area contributed by atoms with E-state index >= 15 is 0 Å². The van der Waals surface area contributed by atoms with E-state index < -0.39 is 10.0 Å². The van der Waals surface area contributed by atoms with Crippen LogP contribution in [0.15, 0.2) is 72.8 Å². The van der Waals surface area contributed by atoms with Crippen LogP contribution in [0, 0.1) is 0 Å². The summed E-state index contributed by atoms with van der Waals surface area (Å²) in [6, 6.07) is 22.0.